The van der Waals surface area contributed by atoms with E-state index in [1.807, 2.05) is 10.9 Å². The first-order chi connectivity index (χ1) is 6.74. The zero-order chi connectivity index (χ0) is 10.4. The van der Waals surface area contributed by atoms with E-state index in [9.17, 15) is 4.79 Å². The summed E-state index contributed by atoms with van der Waals surface area (Å²) in [5, 5.41) is 4.13. The summed E-state index contributed by atoms with van der Waals surface area (Å²) in [4.78, 5) is 11.0. The number of hydrogen-bond donors (Lipinski definition) is 0. The zero-order valence-electron chi connectivity index (χ0n) is 8.99. The van der Waals surface area contributed by atoms with Crippen LogP contribution >= 0.6 is 0 Å². The van der Waals surface area contributed by atoms with Crippen LogP contribution in [0.4, 0.5) is 0 Å². The molecule has 0 saturated carbocycles. The van der Waals surface area contributed by atoms with Gasteiger partial charge >= 0.3 is 0 Å². The third-order valence-corrected chi connectivity index (χ3v) is 2.28. The minimum absolute atomic E-state index is 0.0878. The van der Waals surface area contributed by atoms with Crippen molar-refractivity contribution in [3.63, 3.8) is 0 Å². The Bertz CT molecular complexity index is 291. The van der Waals surface area contributed by atoms with Gasteiger partial charge in [0, 0.05) is 12.7 Å². The molecule has 0 aliphatic rings. The fourth-order valence-corrected chi connectivity index (χ4v) is 1.37. The maximum Gasteiger partial charge on any atom is 0.162 e. The van der Waals surface area contributed by atoms with E-state index >= 15 is 0 Å². The van der Waals surface area contributed by atoms with Gasteiger partial charge in [-0.25, -0.2) is 0 Å². The Hall–Kier alpha value is -1.12. The summed E-state index contributed by atoms with van der Waals surface area (Å²) in [5.41, 5.74) is 0.709. The van der Waals surface area contributed by atoms with Gasteiger partial charge in [0.05, 0.1) is 11.8 Å². The van der Waals surface area contributed by atoms with Crippen molar-refractivity contribution in [3.05, 3.63) is 18.0 Å². The molecule has 1 heterocycles. The predicted octanol–water partition coefficient (Wildman–Crippen LogP) is 2.67. The number of rotatable bonds is 6. The molecule has 1 rings (SSSR count). The number of nitrogens with zero attached hydrogens (tertiary/aromatic N) is 2. The highest BCUT2D eigenvalue weighted by atomic mass is 16.1. The average molecular weight is 194 g/mol. The number of carbonyl (C=O) groups excluding carboxylic acids is 1. The van der Waals surface area contributed by atoms with Gasteiger partial charge in [-0.3, -0.25) is 9.48 Å². The third-order valence-electron chi connectivity index (χ3n) is 2.28. The second kappa shape index (κ2) is 5.58. The smallest absolute Gasteiger partial charge is 0.162 e. The quantitative estimate of drug-likeness (QED) is 0.515. The summed E-state index contributed by atoms with van der Waals surface area (Å²) in [6.45, 7) is 4.69. The van der Waals surface area contributed by atoms with Gasteiger partial charge in [0.25, 0.3) is 0 Å². The van der Waals surface area contributed by atoms with Crippen LogP contribution in [0.1, 0.15) is 49.9 Å². The van der Waals surface area contributed by atoms with Crippen molar-refractivity contribution in [1.29, 1.82) is 0 Å². The lowest BCUT2D eigenvalue weighted by atomic mass is 10.2. The molecule has 0 unspecified atom stereocenters. The lowest BCUT2D eigenvalue weighted by Crippen LogP contribution is -1.98. The van der Waals surface area contributed by atoms with E-state index in [4.69, 9.17) is 0 Å². The average Bonchev–Trinajstić information content (AvgIpc) is 2.61. The number of unbranched alkanes of at least 4 members (excludes halogenated alkanes) is 3. The first-order valence-corrected chi connectivity index (χ1v) is 5.27. The Morgan fingerprint density at radius 3 is 2.79 bits per heavy atom. The van der Waals surface area contributed by atoms with Gasteiger partial charge in [-0.2, -0.15) is 5.10 Å². The van der Waals surface area contributed by atoms with E-state index in [1.165, 1.54) is 19.3 Å². The molecule has 0 radical (unpaired) electrons. The molecular formula is C11H18N2O. The van der Waals surface area contributed by atoms with Crippen molar-refractivity contribution >= 4 is 5.78 Å². The first-order valence-electron chi connectivity index (χ1n) is 5.27. The Labute approximate surface area is 85.1 Å². The molecule has 0 aliphatic carbocycles. The molecule has 3 nitrogen and oxygen atoms in total. The Morgan fingerprint density at radius 1 is 1.43 bits per heavy atom. The van der Waals surface area contributed by atoms with Gasteiger partial charge in [0.1, 0.15) is 0 Å². The summed E-state index contributed by atoms with van der Waals surface area (Å²) < 4.78 is 1.85. The largest absolute Gasteiger partial charge is 0.294 e. The summed E-state index contributed by atoms with van der Waals surface area (Å²) >= 11 is 0. The van der Waals surface area contributed by atoms with Crippen LogP contribution in [0.15, 0.2) is 12.4 Å². The van der Waals surface area contributed by atoms with E-state index < -0.39 is 0 Å². The van der Waals surface area contributed by atoms with Crippen LogP contribution in [-0.2, 0) is 6.54 Å². The van der Waals surface area contributed by atoms with Gasteiger partial charge < -0.3 is 0 Å². The minimum atomic E-state index is 0.0878. The van der Waals surface area contributed by atoms with Crippen molar-refractivity contribution < 1.29 is 4.79 Å². The fraction of sp³-hybridized carbons (Fsp3) is 0.636. The van der Waals surface area contributed by atoms with E-state index in [2.05, 4.69) is 12.0 Å². The van der Waals surface area contributed by atoms with Crippen LogP contribution in [-0.4, -0.2) is 15.6 Å². The van der Waals surface area contributed by atoms with Gasteiger partial charge in [0.15, 0.2) is 5.78 Å². The van der Waals surface area contributed by atoms with Crippen LogP contribution in [0.5, 0.6) is 0 Å². The van der Waals surface area contributed by atoms with Gasteiger partial charge in [-0.15, -0.1) is 0 Å². The van der Waals surface area contributed by atoms with Crippen molar-refractivity contribution in [2.24, 2.45) is 0 Å². The van der Waals surface area contributed by atoms with Crippen molar-refractivity contribution in [2.45, 2.75) is 46.1 Å². The minimum Gasteiger partial charge on any atom is -0.294 e. The molecule has 1 aromatic rings. The van der Waals surface area contributed by atoms with E-state index in [1.54, 1.807) is 13.1 Å². The Kier molecular flexibility index (Phi) is 4.36. The molecule has 0 fully saturated rings. The lowest BCUT2D eigenvalue weighted by molar-refractivity contribution is 0.101. The summed E-state index contributed by atoms with van der Waals surface area (Å²) in [7, 11) is 0. The molecule has 0 atom stereocenters. The van der Waals surface area contributed by atoms with E-state index in [0.717, 1.165) is 13.0 Å². The first kappa shape index (κ1) is 11.0. The Balaban J connectivity index is 2.33. The van der Waals surface area contributed by atoms with E-state index in [0.29, 0.717) is 5.56 Å². The molecule has 0 aliphatic heterocycles. The highest BCUT2D eigenvalue weighted by Gasteiger charge is 2.01. The van der Waals surface area contributed by atoms with Crippen molar-refractivity contribution in [3.8, 4) is 0 Å². The topological polar surface area (TPSA) is 34.9 Å². The molecule has 0 bridgehead atoms. The fourth-order valence-electron chi connectivity index (χ4n) is 1.37. The second-order valence-electron chi connectivity index (χ2n) is 3.61. The van der Waals surface area contributed by atoms with Crippen LogP contribution in [0.25, 0.3) is 0 Å². The van der Waals surface area contributed by atoms with Crippen LogP contribution in [0.2, 0.25) is 0 Å². The highest BCUT2D eigenvalue weighted by molar-refractivity contribution is 5.93. The molecule has 0 N–H and O–H groups in total. The third kappa shape index (κ3) is 3.32. The number of carbonyl (C=O) groups is 1. The summed E-state index contributed by atoms with van der Waals surface area (Å²) in [6.07, 6.45) is 8.38. The van der Waals surface area contributed by atoms with E-state index in [-0.39, 0.29) is 5.78 Å². The van der Waals surface area contributed by atoms with Crippen LogP contribution in [0.3, 0.4) is 0 Å². The van der Waals surface area contributed by atoms with Crippen LogP contribution < -0.4 is 0 Å². The molecule has 0 aromatic carbocycles. The van der Waals surface area contributed by atoms with Gasteiger partial charge in [-0.05, 0) is 13.3 Å². The predicted molar refractivity (Wildman–Crippen MR) is 56.4 cm³/mol. The van der Waals surface area contributed by atoms with Gasteiger partial charge in [0.2, 0.25) is 0 Å². The number of hydrogen-bond acceptors (Lipinski definition) is 2. The molecule has 78 valence electrons. The highest BCUT2D eigenvalue weighted by Crippen LogP contribution is 2.03. The summed E-state index contributed by atoms with van der Waals surface area (Å²) in [6, 6.07) is 0. The molecule has 3 heteroatoms. The monoisotopic (exact) mass is 194 g/mol. The molecule has 0 amide bonds. The SMILES string of the molecule is CCCCCCn1cc(C(C)=O)cn1. The van der Waals surface area contributed by atoms with Crippen molar-refractivity contribution in [2.75, 3.05) is 0 Å². The zero-order valence-corrected chi connectivity index (χ0v) is 8.99. The molecule has 1 aromatic heterocycles. The maximum atomic E-state index is 11.0. The molecule has 0 spiro atoms. The summed E-state index contributed by atoms with van der Waals surface area (Å²) in [5.74, 6) is 0.0878. The maximum absolute atomic E-state index is 11.0. The van der Waals surface area contributed by atoms with Crippen molar-refractivity contribution in [1.82, 2.24) is 9.78 Å². The molecular weight excluding hydrogens is 176 g/mol. The second-order valence-corrected chi connectivity index (χ2v) is 3.61. The Morgan fingerprint density at radius 2 is 2.21 bits per heavy atom. The lowest BCUT2D eigenvalue weighted by Gasteiger charge is -1.99. The normalized spacial score (nSPS) is 10.4. The number of ketones is 1. The molecule has 14 heavy (non-hydrogen) atoms. The number of aryl methyl sites for hydroxylation is 1. The number of aromatic nitrogens is 2. The standard InChI is InChI=1S/C11H18N2O/c1-3-4-5-6-7-13-9-11(8-12-13)10(2)14/h8-9H,3-7H2,1-2H3. The van der Waals surface area contributed by atoms with Gasteiger partial charge in [-0.1, -0.05) is 26.2 Å². The molecule has 0 saturated heterocycles. The number of Topliss-reactive ketones (excluding diaryl/α,β-unsaturated/α-hetero) is 1. The van der Waals surface area contributed by atoms with Crippen LogP contribution in [0, 0.1) is 0 Å².